The summed E-state index contributed by atoms with van der Waals surface area (Å²) in [5, 5.41) is 12.1. The summed E-state index contributed by atoms with van der Waals surface area (Å²) in [4.78, 5) is 12.4. The molecule has 0 spiro atoms. The van der Waals surface area contributed by atoms with Crippen molar-refractivity contribution in [1.29, 1.82) is 5.26 Å². The molecule has 0 atom stereocenters. The van der Waals surface area contributed by atoms with Gasteiger partial charge in [-0.2, -0.15) is 5.26 Å². The lowest BCUT2D eigenvalue weighted by atomic mass is 10.1. The number of halogens is 2. The third-order valence-corrected chi connectivity index (χ3v) is 4.61. The molecule has 0 aromatic heterocycles. The van der Waals surface area contributed by atoms with Crippen molar-refractivity contribution in [3.63, 3.8) is 0 Å². The lowest BCUT2D eigenvalue weighted by molar-refractivity contribution is -0.112. The highest BCUT2D eigenvalue weighted by Gasteiger charge is 2.14. The van der Waals surface area contributed by atoms with Crippen LogP contribution in [0.1, 0.15) is 12.5 Å². The number of para-hydroxylation sites is 1. The molecule has 0 bridgehead atoms. The fraction of sp³-hybridized carbons (Fsp3) is 0.158. The Kier molecular flexibility index (Phi) is 7.25. The van der Waals surface area contributed by atoms with Crippen molar-refractivity contribution in [3.8, 4) is 17.6 Å². The average molecular weight is 480 g/mol. The van der Waals surface area contributed by atoms with Crippen LogP contribution >= 0.6 is 31.9 Å². The number of methoxy groups -OCH3 is 1. The van der Waals surface area contributed by atoms with Gasteiger partial charge in [-0.3, -0.25) is 4.79 Å². The maximum Gasteiger partial charge on any atom is 0.266 e. The average Bonchev–Trinajstić information content (AvgIpc) is 2.61. The summed E-state index contributed by atoms with van der Waals surface area (Å²) in [5.41, 5.74) is 1.20. The number of hydrogen-bond acceptors (Lipinski definition) is 4. The largest absolute Gasteiger partial charge is 0.492 e. The van der Waals surface area contributed by atoms with Gasteiger partial charge in [-0.05, 0) is 74.7 Å². The predicted octanol–water partition coefficient (Wildman–Crippen LogP) is 5.16. The summed E-state index contributed by atoms with van der Waals surface area (Å²) < 4.78 is 12.3. The minimum absolute atomic E-state index is 0.0275. The van der Waals surface area contributed by atoms with E-state index in [1.54, 1.807) is 37.4 Å². The Morgan fingerprint density at radius 3 is 2.62 bits per heavy atom. The van der Waals surface area contributed by atoms with E-state index in [0.29, 0.717) is 33.8 Å². The van der Waals surface area contributed by atoms with Crippen LogP contribution in [0.4, 0.5) is 5.69 Å². The first kappa shape index (κ1) is 20.0. The van der Waals surface area contributed by atoms with Crippen molar-refractivity contribution in [2.24, 2.45) is 0 Å². The van der Waals surface area contributed by atoms with Crippen LogP contribution in [0.3, 0.4) is 0 Å². The van der Waals surface area contributed by atoms with E-state index in [0.717, 1.165) is 4.47 Å². The molecule has 0 heterocycles. The second-order valence-corrected chi connectivity index (χ2v) is 6.78. The van der Waals surface area contributed by atoms with Crippen molar-refractivity contribution in [2.75, 3.05) is 19.0 Å². The third-order valence-electron chi connectivity index (χ3n) is 3.33. The summed E-state index contributed by atoms with van der Waals surface area (Å²) in [5.74, 6) is 0.587. The highest BCUT2D eigenvalue weighted by molar-refractivity contribution is 9.11. The van der Waals surface area contributed by atoms with E-state index in [9.17, 15) is 10.1 Å². The van der Waals surface area contributed by atoms with Gasteiger partial charge in [-0.1, -0.05) is 12.1 Å². The van der Waals surface area contributed by atoms with Gasteiger partial charge in [0.25, 0.3) is 5.91 Å². The number of benzene rings is 2. The van der Waals surface area contributed by atoms with Gasteiger partial charge in [-0.15, -0.1) is 0 Å². The summed E-state index contributed by atoms with van der Waals surface area (Å²) >= 11 is 6.78. The lowest BCUT2D eigenvalue weighted by Gasteiger charge is -2.12. The number of nitriles is 1. The SMILES string of the molecule is CCOc1cc(/C=C(\C#N)C(=O)Nc2ccccc2Br)cc(Br)c1OC. The maximum atomic E-state index is 12.4. The maximum absolute atomic E-state index is 12.4. The molecule has 2 rings (SSSR count). The molecule has 0 aliphatic rings. The second-order valence-electron chi connectivity index (χ2n) is 5.07. The monoisotopic (exact) mass is 478 g/mol. The fourth-order valence-electron chi connectivity index (χ4n) is 2.20. The summed E-state index contributed by atoms with van der Waals surface area (Å²) in [7, 11) is 1.55. The second kappa shape index (κ2) is 9.41. The van der Waals surface area contributed by atoms with Gasteiger partial charge in [0.2, 0.25) is 0 Å². The van der Waals surface area contributed by atoms with E-state index < -0.39 is 5.91 Å². The van der Waals surface area contributed by atoms with Crippen molar-refractivity contribution < 1.29 is 14.3 Å². The van der Waals surface area contributed by atoms with Gasteiger partial charge in [-0.25, -0.2) is 0 Å². The topological polar surface area (TPSA) is 71.3 Å². The number of anilines is 1. The Balaban J connectivity index is 2.35. The van der Waals surface area contributed by atoms with Crippen LogP contribution in [-0.2, 0) is 4.79 Å². The van der Waals surface area contributed by atoms with E-state index in [-0.39, 0.29) is 5.57 Å². The van der Waals surface area contributed by atoms with E-state index in [2.05, 4.69) is 37.2 Å². The van der Waals surface area contributed by atoms with Crippen LogP contribution in [0, 0.1) is 11.3 Å². The smallest absolute Gasteiger partial charge is 0.266 e. The lowest BCUT2D eigenvalue weighted by Crippen LogP contribution is -2.13. The first-order valence-electron chi connectivity index (χ1n) is 7.68. The molecule has 0 saturated heterocycles. The van der Waals surface area contributed by atoms with Gasteiger partial charge < -0.3 is 14.8 Å². The predicted molar refractivity (Wildman–Crippen MR) is 108 cm³/mol. The molecule has 1 amide bonds. The van der Waals surface area contributed by atoms with E-state index in [1.165, 1.54) is 6.08 Å². The Morgan fingerprint density at radius 2 is 2.00 bits per heavy atom. The van der Waals surface area contributed by atoms with Crippen LogP contribution in [0.25, 0.3) is 6.08 Å². The van der Waals surface area contributed by atoms with Crippen LogP contribution in [0.2, 0.25) is 0 Å². The Labute approximate surface area is 168 Å². The zero-order valence-electron chi connectivity index (χ0n) is 14.2. The molecule has 0 aliphatic heterocycles. The number of ether oxygens (including phenoxy) is 2. The van der Waals surface area contributed by atoms with Crippen molar-refractivity contribution >= 4 is 49.5 Å². The van der Waals surface area contributed by atoms with Crippen LogP contribution in [-0.4, -0.2) is 19.6 Å². The molecule has 26 heavy (non-hydrogen) atoms. The molecule has 0 radical (unpaired) electrons. The molecule has 0 saturated carbocycles. The highest BCUT2D eigenvalue weighted by atomic mass is 79.9. The number of nitrogens with zero attached hydrogens (tertiary/aromatic N) is 1. The quantitative estimate of drug-likeness (QED) is 0.458. The van der Waals surface area contributed by atoms with Gasteiger partial charge in [0.15, 0.2) is 11.5 Å². The molecule has 0 fully saturated rings. The molecule has 0 unspecified atom stereocenters. The van der Waals surface area contributed by atoms with E-state index in [1.807, 2.05) is 19.1 Å². The Morgan fingerprint density at radius 1 is 1.27 bits per heavy atom. The molecule has 5 nitrogen and oxygen atoms in total. The van der Waals surface area contributed by atoms with Crippen molar-refractivity contribution in [1.82, 2.24) is 0 Å². The molecular weight excluding hydrogens is 464 g/mol. The summed E-state index contributed by atoms with van der Waals surface area (Å²) in [6.07, 6.45) is 1.50. The van der Waals surface area contributed by atoms with Crippen LogP contribution in [0.15, 0.2) is 50.9 Å². The molecule has 0 aliphatic carbocycles. The first-order valence-corrected chi connectivity index (χ1v) is 9.26. The van der Waals surface area contributed by atoms with Gasteiger partial charge >= 0.3 is 0 Å². The molecule has 1 N–H and O–H groups in total. The first-order chi connectivity index (χ1) is 12.5. The normalized spacial score (nSPS) is 10.8. The molecule has 2 aromatic carbocycles. The third kappa shape index (κ3) is 4.87. The number of nitrogens with one attached hydrogen (secondary N) is 1. The summed E-state index contributed by atoms with van der Waals surface area (Å²) in [6, 6.07) is 12.6. The minimum atomic E-state index is -0.496. The summed E-state index contributed by atoms with van der Waals surface area (Å²) in [6.45, 7) is 2.32. The molecule has 7 heteroatoms. The van der Waals surface area contributed by atoms with Crippen molar-refractivity contribution in [3.05, 3.63) is 56.5 Å². The minimum Gasteiger partial charge on any atom is -0.492 e. The van der Waals surface area contributed by atoms with E-state index in [4.69, 9.17) is 9.47 Å². The Bertz CT molecular complexity index is 889. The molecule has 134 valence electrons. The molecular formula is C19H16Br2N2O3. The van der Waals surface area contributed by atoms with Gasteiger partial charge in [0.05, 0.1) is 23.9 Å². The van der Waals surface area contributed by atoms with Gasteiger partial charge in [0.1, 0.15) is 11.6 Å². The standard InChI is InChI=1S/C19H16Br2N2O3/c1-3-26-17-10-12(9-15(21)18(17)25-2)8-13(11-22)19(24)23-16-7-5-4-6-14(16)20/h4-10H,3H2,1-2H3,(H,23,24)/b13-8+. The van der Waals surface area contributed by atoms with Crippen LogP contribution < -0.4 is 14.8 Å². The zero-order valence-corrected chi connectivity index (χ0v) is 17.3. The number of rotatable bonds is 6. The van der Waals surface area contributed by atoms with Crippen LogP contribution in [0.5, 0.6) is 11.5 Å². The fourth-order valence-corrected chi connectivity index (χ4v) is 3.21. The molecule has 2 aromatic rings. The number of carbonyl (C=O) groups is 1. The highest BCUT2D eigenvalue weighted by Crippen LogP contribution is 2.37. The van der Waals surface area contributed by atoms with Gasteiger partial charge in [0, 0.05) is 4.47 Å². The van der Waals surface area contributed by atoms with E-state index >= 15 is 0 Å². The number of amides is 1. The number of carbonyl (C=O) groups excluding carboxylic acids is 1. The van der Waals surface area contributed by atoms with Crippen molar-refractivity contribution in [2.45, 2.75) is 6.92 Å². The number of hydrogen-bond donors (Lipinski definition) is 1. The Hall–Kier alpha value is -2.30. The zero-order chi connectivity index (χ0) is 19.1.